The van der Waals surface area contributed by atoms with Crippen molar-refractivity contribution in [3.63, 3.8) is 0 Å². The van der Waals surface area contributed by atoms with Crippen LogP contribution in [0.3, 0.4) is 0 Å². The number of methoxy groups -OCH3 is 1. The standard InChI is InChI=1S/C18H18N2O2/c1-22-17-8-6-13(7-9-17)10-18(21)20-19-16-11-14-4-2-3-5-15(14)12-16/h2-9H,10-12H2,1H3,(H,20,21). The van der Waals surface area contributed by atoms with Crippen LogP contribution in [0.15, 0.2) is 53.6 Å². The third-order valence-electron chi connectivity index (χ3n) is 3.77. The molecular formula is C18H18N2O2. The Balaban J connectivity index is 1.55. The van der Waals surface area contributed by atoms with E-state index < -0.39 is 0 Å². The highest BCUT2D eigenvalue weighted by molar-refractivity contribution is 5.93. The average molecular weight is 294 g/mol. The predicted molar refractivity (Wildman–Crippen MR) is 86.1 cm³/mol. The number of carbonyl (C=O) groups is 1. The molecule has 0 aromatic heterocycles. The van der Waals surface area contributed by atoms with Gasteiger partial charge in [0.2, 0.25) is 5.91 Å². The van der Waals surface area contributed by atoms with Crippen LogP contribution in [0.25, 0.3) is 0 Å². The number of nitrogens with zero attached hydrogens (tertiary/aromatic N) is 1. The molecule has 1 N–H and O–H groups in total. The van der Waals surface area contributed by atoms with Gasteiger partial charge in [0.25, 0.3) is 0 Å². The summed E-state index contributed by atoms with van der Waals surface area (Å²) in [7, 11) is 1.62. The van der Waals surface area contributed by atoms with Crippen LogP contribution in [0.5, 0.6) is 5.75 Å². The van der Waals surface area contributed by atoms with E-state index in [9.17, 15) is 4.79 Å². The summed E-state index contributed by atoms with van der Waals surface area (Å²) in [6.45, 7) is 0. The fourth-order valence-corrected chi connectivity index (χ4v) is 2.59. The molecule has 0 saturated carbocycles. The Bertz CT molecular complexity index is 678. The van der Waals surface area contributed by atoms with Gasteiger partial charge in [-0.15, -0.1) is 0 Å². The first-order chi connectivity index (χ1) is 10.7. The number of rotatable bonds is 4. The van der Waals surface area contributed by atoms with Crippen LogP contribution < -0.4 is 10.2 Å². The van der Waals surface area contributed by atoms with Gasteiger partial charge in [-0.2, -0.15) is 5.10 Å². The van der Waals surface area contributed by atoms with E-state index in [1.54, 1.807) is 7.11 Å². The second-order valence-corrected chi connectivity index (χ2v) is 5.36. The molecule has 2 aromatic rings. The van der Waals surface area contributed by atoms with Gasteiger partial charge in [-0.3, -0.25) is 4.79 Å². The molecule has 0 bridgehead atoms. The Hall–Kier alpha value is -2.62. The molecule has 1 aliphatic carbocycles. The Labute approximate surface area is 129 Å². The van der Waals surface area contributed by atoms with Gasteiger partial charge in [0.05, 0.1) is 13.5 Å². The summed E-state index contributed by atoms with van der Waals surface area (Å²) in [5, 5.41) is 4.26. The first-order valence-electron chi connectivity index (χ1n) is 7.28. The van der Waals surface area contributed by atoms with E-state index in [-0.39, 0.29) is 5.91 Å². The van der Waals surface area contributed by atoms with Crippen molar-refractivity contribution in [1.29, 1.82) is 0 Å². The topological polar surface area (TPSA) is 50.7 Å². The van der Waals surface area contributed by atoms with Crippen LogP contribution in [0.2, 0.25) is 0 Å². The largest absolute Gasteiger partial charge is 0.497 e. The zero-order chi connectivity index (χ0) is 15.4. The Morgan fingerprint density at radius 3 is 2.32 bits per heavy atom. The molecule has 1 aliphatic rings. The lowest BCUT2D eigenvalue weighted by Crippen LogP contribution is -2.21. The fourth-order valence-electron chi connectivity index (χ4n) is 2.59. The van der Waals surface area contributed by atoms with Crippen LogP contribution in [-0.2, 0) is 24.1 Å². The number of hydrogen-bond acceptors (Lipinski definition) is 3. The molecule has 0 heterocycles. The fraction of sp³-hybridized carbons (Fsp3) is 0.222. The number of nitrogens with one attached hydrogen (secondary N) is 1. The number of amides is 1. The van der Waals surface area contributed by atoms with Crippen molar-refractivity contribution in [1.82, 2.24) is 5.43 Å². The Kier molecular flexibility index (Phi) is 4.19. The maximum Gasteiger partial charge on any atom is 0.244 e. The lowest BCUT2D eigenvalue weighted by molar-refractivity contribution is -0.120. The van der Waals surface area contributed by atoms with Gasteiger partial charge >= 0.3 is 0 Å². The Morgan fingerprint density at radius 2 is 1.73 bits per heavy atom. The lowest BCUT2D eigenvalue weighted by atomic mass is 10.1. The zero-order valence-corrected chi connectivity index (χ0v) is 12.5. The van der Waals surface area contributed by atoms with Crippen molar-refractivity contribution < 1.29 is 9.53 Å². The highest BCUT2D eigenvalue weighted by atomic mass is 16.5. The Morgan fingerprint density at radius 1 is 1.09 bits per heavy atom. The molecule has 0 spiro atoms. The van der Waals surface area contributed by atoms with E-state index in [0.717, 1.165) is 29.9 Å². The monoisotopic (exact) mass is 294 g/mol. The molecule has 0 fully saturated rings. The zero-order valence-electron chi connectivity index (χ0n) is 12.5. The van der Waals surface area contributed by atoms with Crippen molar-refractivity contribution in [3.8, 4) is 5.75 Å². The minimum atomic E-state index is -0.103. The number of hydrogen-bond donors (Lipinski definition) is 1. The van der Waals surface area contributed by atoms with E-state index in [2.05, 4.69) is 22.7 Å². The first kappa shape index (κ1) is 14.3. The van der Waals surface area contributed by atoms with E-state index in [4.69, 9.17) is 4.74 Å². The van der Waals surface area contributed by atoms with Gasteiger partial charge in [-0.05, 0) is 28.8 Å². The minimum Gasteiger partial charge on any atom is -0.497 e. The van der Waals surface area contributed by atoms with Crippen LogP contribution in [0.4, 0.5) is 0 Å². The van der Waals surface area contributed by atoms with Crippen LogP contribution in [0, 0.1) is 0 Å². The molecule has 0 aliphatic heterocycles. The van der Waals surface area contributed by atoms with Crippen molar-refractivity contribution in [3.05, 3.63) is 65.2 Å². The molecule has 4 nitrogen and oxygen atoms in total. The van der Waals surface area contributed by atoms with Crippen molar-refractivity contribution >= 4 is 11.6 Å². The SMILES string of the molecule is COc1ccc(CC(=O)NN=C2Cc3ccccc3C2)cc1. The van der Waals surface area contributed by atoms with Crippen molar-refractivity contribution in [2.75, 3.05) is 7.11 Å². The second kappa shape index (κ2) is 6.43. The van der Waals surface area contributed by atoms with Gasteiger partial charge < -0.3 is 4.74 Å². The average Bonchev–Trinajstić information content (AvgIpc) is 2.96. The van der Waals surface area contributed by atoms with Gasteiger partial charge in [-0.1, -0.05) is 36.4 Å². The third-order valence-corrected chi connectivity index (χ3v) is 3.77. The number of fused-ring (bicyclic) bond motifs is 1. The summed E-state index contributed by atoms with van der Waals surface area (Å²) in [5.41, 5.74) is 7.19. The maximum absolute atomic E-state index is 11.9. The quantitative estimate of drug-likeness (QED) is 0.881. The number of hydrazone groups is 1. The highest BCUT2D eigenvalue weighted by Gasteiger charge is 2.16. The van der Waals surface area contributed by atoms with Crippen molar-refractivity contribution in [2.24, 2.45) is 5.10 Å². The van der Waals surface area contributed by atoms with Crippen LogP contribution >= 0.6 is 0 Å². The number of benzene rings is 2. The summed E-state index contributed by atoms with van der Waals surface area (Å²) in [6.07, 6.45) is 1.95. The molecule has 0 saturated heterocycles. The van der Waals surface area contributed by atoms with Gasteiger partial charge in [0.15, 0.2) is 0 Å². The molecule has 0 atom stereocenters. The third kappa shape index (κ3) is 3.34. The normalized spacial score (nSPS) is 12.7. The maximum atomic E-state index is 11.9. The van der Waals surface area contributed by atoms with Crippen molar-refractivity contribution in [2.45, 2.75) is 19.3 Å². The van der Waals surface area contributed by atoms with E-state index in [1.807, 2.05) is 36.4 Å². The molecule has 22 heavy (non-hydrogen) atoms. The summed E-state index contributed by atoms with van der Waals surface area (Å²) in [5.74, 6) is 0.682. The molecular weight excluding hydrogens is 276 g/mol. The first-order valence-corrected chi connectivity index (χ1v) is 7.28. The summed E-state index contributed by atoms with van der Waals surface area (Å²) < 4.78 is 5.10. The van der Waals surface area contributed by atoms with E-state index >= 15 is 0 Å². The van der Waals surface area contributed by atoms with E-state index in [0.29, 0.717) is 6.42 Å². The second-order valence-electron chi connectivity index (χ2n) is 5.36. The van der Waals surface area contributed by atoms with Gasteiger partial charge in [-0.25, -0.2) is 5.43 Å². The lowest BCUT2D eigenvalue weighted by Gasteiger charge is -2.03. The summed E-state index contributed by atoms with van der Waals surface area (Å²) in [4.78, 5) is 11.9. The molecule has 2 aromatic carbocycles. The molecule has 4 heteroatoms. The summed E-state index contributed by atoms with van der Waals surface area (Å²) >= 11 is 0. The number of ether oxygens (including phenoxy) is 1. The molecule has 112 valence electrons. The molecule has 3 rings (SSSR count). The number of carbonyl (C=O) groups excluding carboxylic acids is 1. The van der Waals surface area contributed by atoms with Crippen LogP contribution in [-0.4, -0.2) is 18.7 Å². The molecule has 0 unspecified atom stereocenters. The van der Waals surface area contributed by atoms with E-state index in [1.165, 1.54) is 11.1 Å². The summed E-state index contributed by atoms with van der Waals surface area (Å²) in [6, 6.07) is 15.8. The van der Waals surface area contributed by atoms with Crippen LogP contribution in [0.1, 0.15) is 16.7 Å². The molecule has 0 radical (unpaired) electrons. The minimum absolute atomic E-state index is 0.103. The molecule has 1 amide bonds. The predicted octanol–water partition coefficient (Wildman–Crippen LogP) is 2.51. The van der Waals surface area contributed by atoms with Gasteiger partial charge in [0.1, 0.15) is 5.75 Å². The highest BCUT2D eigenvalue weighted by Crippen LogP contribution is 2.19. The van der Waals surface area contributed by atoms with Gasteiger partial charge in [0, 0.05) is 18.6 Å². The smallest absolute Gasteiger partial charge is 0.244 e.